The first kappa shape index (κ1) is 26.6. The third-order valence-corrected chi connectivity index (χ3v) is 9.43. The molecule has 0 fully saturated rings. The molecule has 0 aliphatic heterocycles. The summed E-state index contributed by atoms with van der Waals surface area (Å²) >= 11 is 0. The van der Waals surface area contributed by atoms with E-state index in [2.05, 4.69) is 116 Å². The highest BCUT2D eigenvalue weighted by atomic mass is 14.9. The Balaban J connectivity index is 1.17. The van der Waals surface area contributed by atoms with E-state index in [0.717, 1.165) is 39.5 Å². The van der Waals surface area contributed by atoms with E-state index in [9.17, 15) is 0 Å². The number of benzene rings is 3. The van der Waals surface area contributed by atoms with Crippen LogP contribution in [0.3, 0.4) is 0 Å². The maximum absolute atomic E-state index is 4.95. The summed E-state index contributed by atoms with van der Waals surface area (Å²) in [7, 11) is 0. The van der Waals surface area contributed by atoms with E-state index >= 15 is 0 Å². The second-order valence-electron chi connectivity index (χ2n) is 12.2. The van der Waals surface area contributed by atoms with Gasteiger partial charge in [0.25, 0.3) is 0 Å². The molecular weight excluding hydrogens is 587 g/mol. The molecule has 10 rings (SSSR count). The van der Waals surface area contributed by atoms with E-state index < -0.39 is 0 Å². The smallest absolute Gasteiger partial charge is 0.230 e. The van der Waals surface area contributed by atoms with Crippen molar-refractivity contribution in [1.82, 2.24) is 19.9 Å². The molecule has 222 valence electrons. The molecule has 0 saturated carbocycles. The van der Waals surface area contributed by atoms with Gasteiger partial charge in [0.2, 0.25) is 16.6 Å². The number of hydrogen-bond donors (Lipinski definition) is 0. The lowest BCUT2D eigenvalue weighted by Crippen LogP contribution is -2.26. The van der Waals surface area contributed by atoms with Crippen LogP contribution < -0.4 is 4.40 Å². The molecule has 7 aromatic heterocycles. The quantitative estimate of drug-likeness (QED) is 0.113. The average Bonchev–Trinajstić information content (AvgIpc) is 3.18. The molecule has 10 aromatic rings. The Morgan fingerprint density at radius 3 is 1.31 bits per heavy atom. The number of aromatic nitrogens is 5. The molecule has 5 nitrogen and oxygen atoms in total. The lowest BCUT2D eigenvalue weighted by molar-refractivity contribution is -0.448. The normalized spacial score (nSPS) is 11.8. The summed E-state index contributed by atoms with van der Waals surface area (Å²) in [5.74, 6) is 0. The lowest BCUT2D eigenvalue weighted by Gasteiger charge is -2.13. The van der Waals surface area contributed by atoms with Crippen LogP contribution in [0.2, 0.25) is 0 Å². The van der Waals surface area contributed by atoms with Crippen molar-refractivity contribution >= 4 is 48.9 Å². The second kappa shape index (κ2) is 10.5. The number of hydrogen-bond acceptors (Lipinski definition) is 4. The Hall–Kier alpha value is -6.59. The summed E-state index contributed by atoms with van der Waals surface area (Å²) in [6, 6.07) is 46.9. The number of rotatable bonds is 4. The summed E-state index contributed by atoms with van der Waals surface area (Å²) in [4.78, 5) is 18.8. The van der Waals surface area contributed by atoms with Crippen LogP contribution in [0.1, 0.15) is 0 Å². The fourth-order valence-electron chi connectivity index (χ4n) is 7.21. The van der Waals surface area contributed by atoms with Crippen LogP contribution in [0.4, 0.5) is 0 Å². The molecule has 0 aliphatic carbocycles. The summed E-state index contributed by atoms with van der Waals surface area (Å²) in [5.41, 5.74) is 11.4. The molecule has 0 spiro atoms. The molecule has 0 saturated heterocycles. The molecule has 3 aromatic carbocycles. The van der Waals surface area contributed by atoms with Crippen LogP contribution >= 0.6 is 0 Å². The van der Waals surface area contributed by atoms with Crippen molar-refractivity contribution in [3.63, 3.8) is 0 Å². The SMILES string of the molecule is c1ccc(-c2cc(-c3ccc(-c4cc5c6ccccc6c6cncc7c8ccccc8c(c4)[n+]5c67)cc3)cc(-c3ccccn3)n2)nc1. The Labute approximate surface area is 275 Å². The highest BCUT2D eigenvalue weighted by molar-refractivity contribution is 6.20. The summed E-state index contributed by atoms with van der Waals surface area (Å²) in [6.45, 7) is 0. The van der Waals surface area contributed by atoms with Crippen molar-refractivity contribution < 1.29 is 4.40 Å². The molecular formula is C43H26N5+. The molecule has 0 aliphatic rings. The maximum Gasteiger partial charge on any atom is 0.230 e. The first-order valence-electron chi connectivity index (χ1n) is 16.0. The van der Waals surface area contributed by atoms with E-state index in [1.807, 2.05) is 48.8 Å². The maximum atomic E-state index is 4.95. The van der Waals surface area contributed by atoms with Gasteiger partial charge in [0.05, 0.1) is 44.3 Å². The van der Waals surface area contributed by atoms with E-state index in [4.69, 9.17) is 4.98 Å². The predicted molar refractivity (Wildman–Crippen MR) is 194 cm³/mol. The van der Waals surface area contributed by atoms with Gasteiger partial charge in [-0.15, -0.1) is 0 Å². The van der Waals surface area contributed by atoms with E-state index in [1.54, 1.807) is 12.4 Å². The van der Waals surface area contributed by atoms with Crippen LogP contribution in [-0.2, 0) is 0 Å². The van der Waals surface area contributed by atoms with Crippen LogP contribution in [-0.4, -0.2) is 19.9 Å². The van der Waals surface area contributed by atoms with Gasteiger partial charge in [-0.1, -0.05) is 72.8 Å². The zero-order valence-electron chi connectivity index (χ0n) is 25.7. The van der Waals surface area contributed by atoms with Crippen LogP contribution in [0, 0.1) is 0 Å². The van der Waals surface area contributed by atoms with Crippen molar-refractivity contribution in [1.29, 1.82) is 0 Å². The van der Waals surface area contributed by atoms with Crippen molar-refractivity contribution in [2.24, 2.45) is 0 Å². The number of fused-ring (bicyclic) bond motifs is 6. The van der Waals surface area contributed by atoms with Crippen molar-refractivity contribution in [2.45, 2.75) is 0 Å². The van der Waals surface area contributed by atoms with E-state index in [1.165, 1.54) is 54.4 Å². The van der Waals surface area contributed by atoms with Gasteiger partial charge in [-0.05, 0) is 70.8 Å². The standard InChI is InChI=1S/C43H26N5/c1-3-11-33-31(9-1)35-25-44-26-36-32-10-2-4-12-34(32)42-24-30(23-41(33)48(42)43(35)36)28-17-15-27(16-18-28)29-21-39(37-13-5-7-19-45-37)47-40(22-29)38-14-6-8-20-46-38/h1-26H/q+1. The second-order valence-corrected chi connectivity index (χ2v) is 12.2. The largest absolute Gasteiger partial charge is 0.263 e. The molecule has 0 amide bonds. The lowest BCUT2D eigenvalue weighted by atomic mass is 9.95. The topological polar surface area (TPSA) is 55.7 Å². The molecule has 0 unspecified atom stereocenters. The molecule has 48 heavy (non-hydrogen) atoms. The zero-order valence-corrected chi connectivity index (χ0v) is 25.7. The highest BCUT2D eigenvalue weighted by Gasteiger charge is 2.25. The number of nitrogens with zero attached hydrogens (tertiary/aromatic N) is 5. The Morgan fingerprint density at radius 1 is 0.375 bits per heavy atom. The molecule has 7 heterocycles. The molecule has 5 heteroatoms. The Bertz CT molecular complexity index is 2650. The first-order valence-corrected chi connectivity index (χ1v) is 16.0. The minimum Gasteiger partial charge on any atom is -0.263 e. The van der Waals surface area contributed by atoms with Crippen LogP contribution in [0.15, 0.2) is 158 Å². The third kappa shape index (κ3) is 4.08. The fraction of sp³-hybridized carbons (Fsp3) is 0. The highest BCUT2D eigenvalue weighted by Crippen LogP contribution is 2.37. The average molecular weight is 613 g/mol. The fourth-order valence-corrected chi connectivity index (χ4v) is 7.21. The summed E-state index contributed by atoms with van der Waals surface area (Å²) in [6.07, 6.45) is 7.62. The van der Waals surface area contributed by atoms with E-state index in [-0.39, 0.29) is 0 Å². The third-order valence-electron chi connectivity index (χ3n) is 9.43. The number of pyridine rings is 7. The minimum absolute atomic E-state index is 0.816. The zero-order chi connectivity index (χ0) is 31.6. The Morgan fingerprint density at radius 2 is 0.833 bits per heavy atom. The van der Waals surface area contributed by atoms with E-state index in [0.29, 0.717) is 0 Å². The van der Waals surface area contributed by atoms with Gasteiger partial charge in [0.1, 0.15) is 0 Å². The minimum atomic E-state index is 0.816. The van der Waals surface area contributed by atoms with Gasteiger partial charge in [0, 0.05) is 47.7 Å². The molecule has 0 radical (unpaired) electrons. The van der Waals surface area contributed by atoms with Gasteiger partial charge in [-0.2, -0.15) is 4.40 Å². The van der Waals surface area contributed by atoms with Crippen molar-refractivity contribution in [3.8, 4) is 45.0 Å². The van der Waals surface area contributed by atoms with Crippen molar-refractivity contribution in [3.05, 3.63) is 158 Å². The summed E-state index contributed by atoms with van der Waals surface area (Å²) < 4.78 is 2.43. The van der Waals surface area contributed by atoms with Gasteiger partial charge in [-0.3, -0.25) is 15.0 Å². The first-order chi connectivity index (χ1) is 23.8. The van der Waals surface area contributed by atoms with Gasteiger partial charge in [0.15, 0.2) is 0 Å². The predicted octanol–water partition coefficient (Wildman–Crippen LogP) is 9.72. The monoisotopic (exact) mass is 612 g/mol. The molecule has 0 bridgehead atoms. The summed E-state index contributed by atoms with van der Waals surface area (Å²) in [5, 5.41) is 7.18. The van der Waals surface area contributed by atoms with Crippen LogP contribution in [0.5, 0.6) is 0 Å². The van der Waals surface area contributed by atoms with Gasteiger partial charge in [-0.25, -0.2) is 4.98 Å². The molecule has 0 atom stereocenters. The Kier molecular flexibility index (Phi) is 5.81. The van der Waals surface area contributed by atoms with Crippen molar-refractivity contribution in [2.75, 3.05) is 0 Å². The van der Waals surface area contributed by atoms with Crippen LogP contribution in [0.25, 0.3) is 93.9 Å². The van der Waals surface area contributed by atoms with Gasteiger partial charge < -0.3 is 0 Å². The van der Waals surface area contributed by atoms with Gasteiger partial charge >= 0.3 is 0 Å². The molecule has 0 N–H and O–H groups in total.